The number of nitrogens with zero attached hydrogens (tertiary/aromatic N) is 3. The van der Waals surface area contributed by atoms with Crippen molar-refractivity contribution in [3.63, 3.8) is 0 Å². The first-order chi connectivity index (χ1) is 17.6. The van der Waals surface area contributed by atoms with Crippen molar-refractivity contribution in [1.29, 1.82) is 0 Å². The summed E-state index contributed by atoms with van der Waals surface area (Å²) in [6.07, 6.45) is 0. The number of aryl methyl sites for hydroxylation is 1. The van der Waals surface area contributed by atoms with Gasteiger partial charge in [-0.2, -0.15) is 5.10 Å². The monoisotopic (exact) mass is 480 g/mol. The van der Waals surface area contributed by atoms with Crippen molar-refractivity contribution < 1.29 is 0 Å². The molecule has 1 saturated heterocycles. The molecule has 0 saturated carbocycles. The van der Waals surface area contributed by atoms with Crippen LogP contribution in [0.1, 0.15) is 16.8 Å². The number of aromatic amines is 1. The van der Waals surface area contributed by atoms with Crippen molar-refractivity contribution >= 4 is 16.7 Å². The number of H-pyrrole nitrogens is 1. The Hall–Kier alpha value is -4.30. The molecule has 4 aromatic rings. The predicted molar refractivity (Wildman–Crippen MR) is 146 cm³/mol. The van der Waals surface area contributed by atoms with Gasteiger partial charge in [0.1, 0.15) is 11.7 Å². The number of hydrogen-bond acceptors (Lipinski definition) is 6. The summed E-state index contributed by atoms with van der Waals surface area (Å²) in [5.41, 5.74) is 19.4. The van der Waals surface area contributed by atoms with E-state index in [-0.39, 0.29) is 0 Å². The van der Waals surface area contributed by atoms with Crippen LogP contribution in [-0.4, -0.2) is 47.1 Å². The van der Waals surface area contributed by atoms with Crippen LogP contribution in [0.5, 0.6) is 0 Å². The predicted octanol–water partition coefficient (Wildman–Crippen LogP) is 3.02. The minimum atomic E-state index is 0.417. The Morgan fingerprint density at radius 2 is 1.75 bits per heavy atom. The molecule has 5 rings (SSSR count). The van der Waals surface area contributed by atoms with Crippen molar-refractivity contribution in [2.75, 3.05) is 26.2 Å². The highest BCUT2D eigenvalue weighted by Gasteiger charge is 2.18. The van der Waals surface area contributed by atoms with Crippen molar-refractivity contribution in [3.05, 3.63) is 101 Å². The van der Waals surface area contributed by atoms with E-state index in [9.17, 15) is 0 Å². The summed E-state index contributed by atoms with van der Waals surface area (Å²) in [4.78, 5) is 7.02. The molecule has 8 nitrogen and oxygen atoms in total. The Morgan fingerprint density at radius 1 is 1.00 bits per heavy atom. The van der Waals surface area contributed by atoms with Crippen molar-refractivity contribution in [1.82, 2.24) is 25.7 Å². The Labute approximate surface area is 211 Å². The van der Waals surface area contributed by atoms with Gasteiger partial charge in [0, 0.05) is 49.4 Å². The van der Waals surface area contributed by atoms with Gasteiger partial charge in [0.05, 0.1) is 5.52 Å². The second kappa shape index (κ2) is 10.5. The van der Waals surface area contributed by atoms with Gasteiger partial charge in [-0.25, -0.2) is 4.99 Å². The molecule has 0 radical (unpaired) electrons. The van der Waals surface area contributed by atoms with E-state index < -0.39 is 0 Å². The number of nitrogens with two attached hydrogens (primary N) is 2. The van der Waals surface area contributed by atoms with Gasteiger partial charge in [-0.05, 0) is 41.8 Å². The van der Waals surface area contributed by atoms with Crippen LogP contribution >= 0.6 is 0 Å². The second-order valence-electron chi connectivity index (χ2n) is 8.93. The number of benzene rings is 3. The number of fused-ring (bicyclic) bond motifs is 1. The lowest BCUT2D eigenvalue weighted by Crippen LogP contribution is -2.44. The lowest BCUT2D eigenvalue weighted by atomic mass is 10.00. The minimum Gasteiger partial charge on any atom is -0.383 e. The topological polar surface area (TPSA) is 120 Å². The summed E-state index contributed by atoms with van der Waals surface area (Å²) in [5.74, 6) is 1.58. The third-order valence-corrected chi connectivity index (χ3v) is 6.50. The molecule has 7 N–H and O–H groups in total. The maximum atomic E-state index is 6.64. The quantitative estimate of drug-likeness (QED) is 0.205. The number of piperazine rings is 1. The summed E-state index contributed by atoms with van der Waals surface area (Å²) >= 11 is 0. The molecular formula is C28H32N8. The molecule has 3 aromatic carbocycles. The van der Waals surface area contributed by atoms with E-state index in [0.717, 1.165) is 53.9 Å². The zero-order valence-corrected chi connectivity index (χ0v) is 20.5. The summed E-state index contributed by atoms with van der Waals surface area (Å²) < 4.78 is 0. The van der Waals surface area contributed by atoms with Crippen LogP contribution in [0.3, 0.4) is 0 Å². The van der Waals surface area contributed by atoms with Gasteiger partial charge < -0.3 is 27.0 Å². The molecule has 184 valence electrons. The third-order valence-electron chi connectivity index (χ3n) is 6.50. The van der Waals surface area contributed by atoms with Crippen LogP contribution in [0.4, 0.5) is 0 Å². The molecule has 1 aliphatic heterocycles. The summed E-state index contributed by atoms with van der Waals surface area (Å²) in [6, 6.07) is 24.6. The maximum absolute atomic E-state index is 6.64. The van der Waals surface area contributed by atoms with Crippen LogP contribution in [0.25, 0.3) is 22.0 Å². The second-order valence-corrected chi connectivity index (χ2v) is 8.93. The number of aliphatic imine (C=N–C) groups is 1. The summed E-state index contributed by atoms with van der Waals surface area (Å²) in [5, 5.41) is 15.2. The smallest absolute Gasteiger partial charge is 0.171 e. The third kappa shape index (κ3) is 5.04. The highest BCUT2D eigenvalue weighted by molar-refractivity contribution is 6.01. The molecule has 2 heterocycles. The van der Waals surface area contributed by atoms with Crippen LogP contribution < -0.4 is 22.1 Å². The molecule has 0 atom stereocenters. The fourth-order valence-electron chi connectivity index (χ4n) is 4.50. The number of nitrogens with one attached hydrogen (secondary N) is 3. The van der Waals surface area contributed by atoms with Gasteiger partial charge in [-0.1, -0.05) is 54.6 Å². The van der Waals surface area contributed by atoms with Gasteiger partial charge >= 0.3 is 0 Å². The van der Waals surface area contributed by atoms with E-state index in [2.05, 4.69) is 68.2 Å². The van der Waals surface area contributed by atoms with Gasteiger partial charge in [0.25, 0.3) is 0 Å². The summed E-state index contributed by atoms with van der Waals surface area (Å²) in [6.45, 7) is 5.90. The standard InChI is InChI=1S/C28H32N8/c1-19-24-17-21(11-12-25(24)35-34-19)26(29)33-28(36-15-13-31-14-16-36)27(30)32-18-22-9-5-6-10-23(22)20-7-3-2-4-8-20/h2-12,17,31-32H,13-16,18,30H2,1H3,(H2,29,33)(H,34,35)/b28-27-. The number of aromatic nitrogens is 2. The molecule has 1 aliphatic rings. The molecule has 1 fully saturated rings. The maximum Gasteiger partial charge on any atom is 0.171 e. The average Bonchev–Trinajstić information content (AvgIpc) is 3.31. The lowest BCUT2D eigenvalue weighted by Gasteiger charge is -2.30. The van der Waals surface area contributed by atoms with Crippen LogP contribution in [0.15, 0.2) is 89.4 Å². The van der Waals surface area contributed by atoms with Crippen molar-refractivity contribution in [2.24, 2.45) is 16.5 Å². The number of rotatable bonds is 7. The Morgan fingerprint density at radius 3 is 2.56 bits per heavy atom. The van der Waals surface area contributed by atoms with Gasteiger partial charge in [-0.3, -0.25) is 5.10 Å². The first kappa shape index (κ1) is 23.4. The highest BCUT2D eigenvalue weighted by Crippen LogP contribution is 2.24. The molecule has 0 aliphatic carbocycles. The zero-order valence-electron chi connectivity index (χ0n) is 20.5. The Bertz CT molecular complexity index is 1400. The van der Waals surface area contributed by atoms with Crippen molar-refractivity contribution in [3.8, 4) is 11.1 Å². The van der Waals surface area contributed by atoms with Crippen LogP contribution in [0.2, 0.25) is 0 Å². The highest BCUT2D eigenvalue weighted by atomic mass is 15.3. The van der Waals surface area contributed by atoms with Gasteiger partial charge in [0.2, 0.25) is 0 Å². The van der Waals surface area contributed by atoms with E-state index in [1.54, 1.807) is 0 Å². The van der Waals surface area contributed by atoms with Gasteiger partial charge in [0.15, 0.2) is 5.82 Å². The van der Waals surface area contributed by atoms with E-state index in [1.807, 2.05) is 37.3 Å². The van der Waals surface area contributed by atoms with E-state index in [0.29, 0.717) is 24.0 Å². The van der Waals surface area contributed by atoms with Crippen LogP contribution in [0, 0.1) is 6.92 Å². The number of hydrogen-bond donors (Lipinski definition) is 5. The average molecular weight is 481 g/mol. The van der Waals surface area contributed by atoms with E-state index in [1.165, 1.54) is 11.1 Å². The van der Waals surface area contributed by atoms with E-state index in [4.69, 9.17) is 16.5 Å². The molecule has 0 unspecified atom stereocenters. The minimum absolute atomic E-state index is 0.417. The molecule has 8 heteroatoms. The fraction of sp³-hybridized carbons (Fsp3) is 0.214. The van der Waals surface area contributed by atoms with Crippen molar-refractivity contribution in [2.45, 2.75) is 13.5 Å². The normalized spacial score (nSPS) is 15.1. The Balaban J connectivity index is 1.45. The summed E-state index contributed by atoms with van der Waals surface area (Å²) in [7, 11) is 0. The van der Waals surface area contributed by atoms with Gasteiger partial charge in [-0.15, -0.1) is 0 Å². The molecule has 0 spiro atoms. The van der Waals surface area contributed by atoms with Crippen LogP contribution in [-0.2, 0) is 6.54 Å². The largest absolute Gasteiger partial charge is 0.383 e. The molecule has 0 amide bonds. The Kier molecular flexibility index (Phi) is 6.86. The number of amidine groups is 1. The van der Waals surface area contributed by atoms with E-state index >= 15 is 0 Å². The molecule has 1 aromatic heterocycles. The molecule has 0 bridgehead atoms. The zero-order chi connectivity index (χ0) is 24.9. The fourth-order valence-corrected chi connectivity index (χ4v) is 4.50. The first-order valence-electron chi connectivity index (χ1n) is 12.2. The molecular weight excluding hydrogens is 448 g/mol. The lowest BCUT2D eigenvalue weighted by molar-refractivity contribution is 0.291. The SMILES string of the molecule is Cc1[nH]nc2ccc(/C(N)=N/C(=C(\N)NCc3ccccc3-c3ccccc3)N3CCNCC3)cc12. The first-order valence-corrected chi connectivity index (χ1v) is 12.2. The molecule has 36 heavy (non-hydrogen) atoms.